The Bertz CT molecular complexity index is 1160. The van der Waals surface area contributed by atoms with E-state index >= 15 is 0 Å². The zero-order valence-corrected chi connectivity index (χ0v) is 17.2. The molecule has 0 fully saturated rings. The number of amides is 1. The summed E-state index contributed by atoms with van der Waals surface area (Å²) in [6.07, 6.45) is 0.200. The van der Waals surface area contributed by atoms with Crippen LogP contribution in [0.4, 0.5) is 5.69 Å². The van der Waals surface area contributed by atoms with Crippen LogP contribution in [-0.2, 0) is 27.8 Å². The van der Waals surface area contributed by atoms with Crippen molar-refractivity contribution < 1.29 is 19.1 Å². The molecule has 8 nitrogen and oxygen atoms in total. The molecule has 1 N–H and O–H groups in total. The van der Waals surface area contributed by atoms with E-state index in [-0.39, 0.29) is 18.4 Å². The van der Waals surface area contributed by atoms with Crippen LogP contribution >= 0.6 is 11.6 Å². The monoisotopic (exact) mass is 429 g/mol. The lowest BCUT2D eigenvalue weighted by Gasteiger charge is -2.10. The van der Waals surface area contributed by atoms with Gasteiger partial charge in [0.15, 0.2) is 6.61 Å². The van der Waals surface area contributed by atoms with Crippen molar-refractivity contribution in [3.05, 3.63) is 63.7 Å². The predicted octanol–water partition coefficient (Wildman–Crippen LogP) is 2.71. The van der Waals surface area contributed by atoms with Crippen molar-refractivity contribution >= 4 is 40.1 Å². The van der Waals surface area contributed by atoms with Gasteiger partial charge in [0.25, 0.3) is 11.5 Å². The second kappa shape index (κ2) is 9.41. The molecule has 0 aliphatic heterocycles. The molecule has 0 saturated heterocycles. The SMILES string of the molecule is COc1ccc(NC(=O)COC(=O)CCc2nc3ccccc3c(=O)n2C)cc1Cl. The number of methoxy groups -OCH3 is 1. The first kappa shape index (κ1) is 21.3. The molecule has 0 aliphatic rings. The van der Waals surface area contributed by atoms with Crippen LogP contribution in [0.3, 0.4) is 0 Å². The number of hydrogen-bond donors (Lipinski definition) is 1. The van der Waals surface area contributed by atoms with Gasteiger partial charge < -0.3 is 14.8 Å². The first-order valence-electron chi connectivity index (χ1n) is 9.12. The van der Waals surface area contributed by atoms with Gasteiger partial charge in [0.2, 0.25) is 0 Å². The Kier molecular flexibility index (Phi) is 6.68. The summed E-state index contributed by atoms with van der Waals surface area (Å²) in [5.41, 5.74) is 0.847. The second-order valence-electron chi connectivity index (χ2n) is 6.47. The number of anilines is 1. The predicted molar refractivity (Wildman–Crippen MR) is 113 cm³/mol. The molecule has 9 heteroatoms. The van der Waals surface area contributed by atoms with Gasteiger partial charge in [0.1, 0.15) is 11.6 Å². The van der Waals surface area contributed by atoms with Crippen molar-refractivity contribution in [3.8, 4) is 5.75 Å². The normalized spacial score (nSPS) is 10.6. The van der Waals surface area contributed by atoms with Crippen LogP contribution in [0, 0.1) is 0 Å². The van der Waals surface area contributed by atoms with Crippen LogP contribution in [0.2, 0.25) is 5.02 Å². The van der Waals surface area contributed by atoms with E-state index in [1.54, 1.807) is 43.4 Å². The quantitative estimate of drug-likeness (QED) is 0.580. The number of rotatable bonds is 7. The van der Waals surface area contributed by atoms with E-state index < -0.39 is 18.5 Å². The molecular formula is C21H20ClN3O5. The number of para-hydroxylation sites is 1. The number of esters is 1. The number of carbonyl (C=O) groups is 2. The highest BCUT2D eigenvalue weighted by Crippen LogP contribution is 2.27. The largest absolute Gasteiger partial charge is 0.495 e. The van der Waals surface area contributed by atoms with Crippen LogP contribution < -0.4 is 15.6 Å². The summed E-state index contributed by atoms with van der Waals surface area (Å²) in [5, 5.41) is 3.45. The summed E-state index contributed by atoms with van der Waals surface area (Å²) >= 11 is 6.01. The van der Waals surface area contributed by atoms with Gasteiger partial charge in [0, 0.05) is 19.2 Å². The van der Waals surface area contributed by atoms with Crippen LogP contribution in [0.5, 0.6) is 5.75 Å². The van der Waals surface area contributed by atoms with Gasteiger partial charge in [-0.25, -0.2) is 4.98 Å². The number of aromatic nitrogens is 2. The molecular weight excluding hydrogens is 410 g/mol. The number of ether oxygens (including phenoxy) is 2. The highest BCUT2D eigenvalue weighted by atomic mass is 35.5. The van der Waals surface area contributed by atoms with Gasteiger partial charge in [-0.3, -0.25) is 19.0 Å². The maximum Gasteiger partial charge on any atom is 0.306 e. The van der Waals surface area contributed by atoms with Crippen molar-refractivity contribution in [1.82, 2.24) is 9.55 Å². The Balaban J connectivity index is 1.53. The lowest BCUT2D eigenvalue weighted by molar-refractivity contribution is -0.147. The molecule has 3 aromatic rings. The molecule has 1 heterocycles. The number of halogens is 1. The summed E-state index contributed by atoms with van der Waals surface area (Å²) < 4.78 is 11.5. The number of fused-ring (bicyclic) bond motifs is 1. The third-order valence-corrected chi connectivity index (χ3v) is 4.72. The van der Waals surface area contributed by atoms with E-state index in [4.69, 9.17) is 21.1 Å². The summed E-state index contributed by atoms with van der Waals surface area (Å²) in [4.78, 5) is 40.8. The molecule has 0 spiro atoms. The van der Waals surface area contributed by atoms with E-state index in [2.05, 4.69) is 10.3 Å². The van der Waals surface area contributed by atoms with E-state index in [1.807, 2.05) is 0 Å². The van der Waals surface area contributed by atoms with E-state index in [0.717, 1.165) is 0 Å². The average Bonchev–Trinajstić information content (AvgIpc) is 2.74. The molecule has 0 atom stereocenters. The second-order valence-corrected chi connectivity index (χ2v) is 6.87. The van der Waals surface area contributed by atoms with Gasteiger partial charge in [-0.2, -0.15) is 0 Å². The van der Waals surface area contributed by atoms with Gasteiger partial charge in [0.05, 0.1) is 29.5 Å². The van der Waals surface area contributed by atoms with Gasteiger partial charge in [-0.05, 0) is 30.3 Å². The molecule has 2 aromatic carbocycles. The highest BCUT2D eigenvalue weighted by molar-refractivity contribution is 6.32. The molecule has 156 valence electrons. The Hall–Kier alpha value is -3.39. The molecule has 30 heavy (non-hydrogen) atoms. The van der Waals surface area contributed by atoms with Gasteiger partial charge >= 0.3 is 5.97 Å². The van der Waals surface area contributed by atoms with Crippen molar-refractivity contribution in [2.75, 3.05) is 19.0 Å². The van der Waals surface area contributed by atoms with Crippen LogP contribution in [0.25, 0.3) is 10.9 Å². The fraction of sp³-hybridized carbons (Fsp3) is 0.238. The van der Waals surface area contributed by atoms with Crippen molar-refractivity contribution in [1.29, 1.82) is 0 Å². The van der Waals surface area contributed by atoms with E-state index in [1.165, 1.54) is 17.7 Å². The Morgan fingerprint density at radius 3 is 2.70 bits per heavy atom. The summed E-state index contributed by atoms with van der Waals surface area (Å²) in [6.45, 7) is -0.438. The maximum atomic E-state index is 12.4. The smallest absolute Gasteiger partial charge is 0.306 e. The Labute approximate surface area is 177 Å². The number of benzene rings is 2. The average molecular weight is 430 g/mol. The summed E-state index contributed by atoms with van der Waals surface area (Å²) in [6, 6.07) is 11.8. The summed E-state index contributed by atoms with van der Waals surface area (Å²) in [5.74, 6) is -0.119. The highest BCUT2D eigenvalue weighted by Gasteiger charge is 2.13. The van der Waals surface area contributed by atoms with Gasteiger partial charge in [-0.15, -0.1) is 0 Å². The molecule has 0 saturated carbocycles. The minimum atomic E-state index is -0.569. The summed E-state index contributed by atoms with van der Waals surface area (Å²) in [7, 11) is 3.10. The van der Waals surface area contributed by atoms with Crippen molar-refractivity contribution in [2.24, 2.45) is 7.05 Å². The molecule has 3 rings (SSSR count). The van der Waals surface area contributed by atoms with Crippen LogP contribution in [0.1, 0.15) is 12.2 Å². The molecule has 0 aliphatic carbocycles. The van der Waals surface area contributed by atoms with Crippen LogP contribution in [-0.4, -0.2) is 35.1 Å². The Morgan fingerprint density at radius 2 is 1.97 bits per heavy atom. The number of carbonyl (C=O) groups excluding carboxylic acids is 2. The van der Waals surface area contributed by atoms with Crippen molar-refractivity contribution in [2.45, 2.75) is 12.8 Å². The third-order valence-electron chi connectivity index (χ3n) is 4.43. The van der Waals surface area contributed by atoms with E-state index in [9.17, 15) is 14.4 Å². The molecule has 0 bridgehead atoms. The molecule has 0 radical (unpaired) electrons. The number of hydrogen-bond acceptors (Lipinski definition) is 6. The molecule has 0 unspecified atom stereocenters. The minimum Gasteiger partial charge on any atom is -0.495 e. The lowest BCUT2D eigenvalue weighted by atomic mass is 10.2. The minimum absolute atomic E-state index is 0.0136. The Morgan fingerprint density at radius 1 is 1.20 bits per heavy atom. The maximum absolute atomic E-state index is 12.4. The molecule has 1 aromatic heterocycles. The zero-order chi connectivity index (χ0) is 21.7. The molecule has 1 amide bonds. The third kappa shape index (κ3) is 4.96. The number of aryl methyl sites for hydroxylation is 1. The lowest BCUT2D eigenvalue weighted by Crippen LogP contribution is -2.24. The van der Waals surface area contributed by atoms with Gasteiger partial charge in [-0.1, -0.05) is 23.7 Å². The first-order chi connectivity index (χ1) is 14.4. The topological polar surface area (TPSA) is 99.5 Å². The fourth-order valence-electron chi connectivity index (χ4n) is 2.86. The van der Waals surface area contributed by atoms with Crippen LogP contribution in [0.15, 0.2) is 47.3 Å². The fourth-order valence-corrected chi connectivity index (χ4v) is 3.12. The number of nitrogens with one attached hydrogen (secondary N) is 1. The standard InChI is InChI=1S/C21H20ClN3O5/c1-25-18(24-16-6-4-3-5-14(16)21(25)28)9-10-20(27)30-12-19(26)23-13-7-8-17(29-2)15(22)11-13/h3-8,11H,9-10,12H2,1-2H3,(H,23,26). The van der Waals surface area contributed by atoms with Crippen molar-refractivity contribution in [3.63, 3.8) is 0 Å². The number of nitrogens with zero attached hydrogens (tertiary/aromatic N) is 2. The zero-order valence-electron chi connectivity index (χ0n) is 16.5. The van der Waals surface area contributed by atoms with E-state index in [0.29, 0.717) is 33.2 Å². The first-order valence-corrected chi connectivity index (χ1v) is 9.50.